The van der Waals surface area contributed by atoms with E-state index in [9.17, 15) is 10.1 Å². The molecule has 26 heavy (non-hydrogen) atoms. The summed E-state index contributed by atoms with van der Waals surface area (Å²) in [6.45, 7) is 0.210. The fourth-order valence-electron chi connectivity index (χ4n) is 2.64. The van der Waals surface area contributed by atoms with Crippen LogP contribution in [-0.4, -0.2) is 14.5 Å². The number of hydrogen-bond donors (Lipinski definition) is 0. The number of non-ortho nitro benzene ring substituents is 1. The van der Waals surface area contributed by atoms with Gasteiger partial charge < -0.3 is 4.57 Å². The second-order valence-corrected chi connectivity index (χ2v) is 6.26. The van der Waals surface area contributed by atoms with Crippen LogP contribution in [0.4, 0.5) is 5.69 Å². The molecule has 0 aliphatic heterocycles. The summed E-state index contributed by atoms with van der Waals surface area (Å²) < 4.78 is 1.77. The molecule has 0 aliphatic rings. The normalized spacial score (nSPS) is 10.5. The Bertz CT molecular complexity index is 1010. The maximum atomic E-state index is 11.1. The summed E-state index contributed by atoms with van der Waals surface area (Å²) in [6.07, 6.45) is 0.0607. The predicted molar refractivity (Wildman–Crippen MR) is 99.2 cm³/mol. The Balaban J connectivity index is 2.14. The number of imidazole rings is 1. The van der Waals surface area contributed by atoms with Gasteiger partial charge in [0.25, 0.3) is 5.69 Å². The third-order valence-electron chi connectivity index (χ3n) is 3.87. The van der Waals surface area contributed by atoms with Crippen LogP contribution in [0.25, 0.3) is 11.4 Å². The van der Waals surface area contributed by atoms with Crippen molar-refractivity contribution >= 4 is 28.9 Å². The summed E-state index contributed by atoms with van der Waals surface area (Å²) in [6, 6.07) is 15.7. The van der Waals surface area contributed by atoms with Gasteiger partial charge in [0.2, 0.25) is 0 Å². The lowest BCUT2D eigenvalue weighted by Crippen LogP contribution is -2.07. The number of halogens is 2. The Kier molecular flexibility index (Phi) is 5.21. The smallest absolute Gasteiger partial charge is 0.269 e. The number of aromatic nitrogens is 2. The monoisotopic (exact) mass is 386 g/mol. The molecule has 3 rings (SSSR count). The van der Waals surface area contributed by atoms with Gasteiger partial charge >= 0.3 is 0 Å². The second-order valence-electron chi connectivity index (χ2n) is 5.49. The zero-order valence-corrected chi connectivity index (χ0v) is 14.9. The Morgan fingerprint density at radius 1 is 1.19 bits per heavy atom. The third-order valence-corrected chi connectivity index (χ3v) is 4.54. The molecule has 0 saturated carbocycles. The first kappa shape index (κ1) is 17.9. The SMILES string of the molecule is N#CCc1c(Cl)nc(-c2ccccc2)n1Cc1cc([N+](=O)[O-])ccc1Cl. The summed E-state index contributed by atoms with van der Waals surface area (Å²) in [5, 5.41) is 20.8. The van der Waals surface area contributed by atoms with Crippen molar-refractivity contribution in [2.24, 2.45) is 0 Å². The van der Waals surface area contributed by atoms with Gasteiger partial charge in [-0.3, -0.25) is 10.1 Å². The number of hydrogen-bond acceptors (Lipinski definition) is 4. The van der Waals surface area contributed by atoms with Crippen molar-refractivity contribution in [3.8, 4) is 17.5 Å². The van der Waals surface area contributed by atoms with Crippen molar-refractivity contribution in [2.75, 3.05) is 0 Å². The van der Waals surface area contributed by atoms with Gasteiger partial charge in [0.15, 0.2) is 5.15 Å². The molecule has 0 radical (unpaired) electrons. The highest BCUT2D eigenvalue weighted by molar-refractivity contribution is 6.31. The molecule has 0 fully saturated rings. The number of benzene rings is 2. The average molecular weight is 387 g/mol. The van der Waals surface area contributed by atoms with Crippen LogP contribution in [0, 0.1) is 21.4 Å². The molecule has 1 aromatic heterocycles. The maximum absolute atomic E-state index is 11.1. The molecule has 1 heterocycles. The van der Waals surface area contributed by atoms with Crippen LogP contribution < -0.4 is 0 Å². The molecule has 0 atom stereocenters. The van der Waals surface area contributed by atoms with Crippen LogP contribution in [0.1, 0.15) is 11.3 Å². The lowest BCUT2D eigenvalue weighted by atomic mass is 10.1. The van der Waals surface area contributed by atoms with Gasteiger partial charge in [-0.2, -0.15) is 5.26 Å². The first-order valence-corrected chi connectivity index (χ1v) is 8.37. The van der Waals surface area contributed by atoms with Crippen LogP contribution >= 0.6 is 23.2 Å². The number of nitro benzene ring substituents is 1. The van der Waals surface area contributed by atoms with Crippen molar-refractivity contribution in [1.29, 1.82) is 5.26 Å². The van der Waals surface area contributed by atoms with Crippen molar-refractivity contribution in [2.45, 2.75) is 13.0 Å². The van der Waals surface area contributed by atoms with E-state index in [-0.39, 0.29) is 23.8 Å². The third kappa shape index (κ3) is 3.54. The fourth-order valence-corrected chi connectivity index (χ4v) is 3.07. The highest BCUT2D eigenvalue weighted by Crippen LogP contribution is 2.29. The topological polar surface area (TPSA) is 84.8 Å². The van der Waals surface area contributed by atoms with Crippen molar-refractivity contribution in [3.05, 3.63) is 80.1 Å². The average Bonchev–Trinajstić information content (AvgIpc) is 2.94. The summed E-state index contributed by atoms with van der Waals surface area (Å²) in [7, 11) is 0. The van der Waals surface area contributed by atoms with E-state index in [2.05, 4.69) is 11.1 Å². The molecular weight excluding hydrogens is 375 g/mol. The summed E-state index contributed by atoms with van der Waals surface area (Å²) in [5.41, 5.74) is 1.85. The number of nitro groups is 1. The van der Waals surface area contributed by atoms with Gasteiger partial charge in [0.1, 0.15) is 5.82 Å². The Morgan fingerprint density at radius 2 is 1.92 bits per heavy atom. The Hall–Kier alpha value is -2.88. The minimum Gasteiger partial charge on any atom is -0.321 e. The highest BCUT2D eigenvalue weighted by Gasteiger charge is 2.19. The molecule has 0 N–H and O–H groups in total. The fraction of sp³-hybridized carbons (Fsp3) is 0.111. The van der Waals surface area contributed by atoms with E-state index < -0.39 is 4.92 Å². The number of nitriles is 1. The molecule has 3 aromatic rings. The lowest BCUT2D eigenvalue weighted by Gasteiger charge is -2.12. The molecule has 130 valence electrons. The molecule has 2 aromatic carbocycles. The number of rotatable bonds is 5. The zero-order valence-electron chi connectivity index (χ0n) is 13.4. The first-order chi connectivity index (χ1) is 12.5. The number of nitrogens with zero attached hydrogens (tertiary/aromatic N) is 4. The Labute approximate surface area is 159 Å². The van der Waals surface area contributed by atoms with Gasteiger partial charge in [-0.05, 0) is 11.6 Å². The molecular formula is C18H12Cl2N4O2. The van der Waals surface area contributed by atoms with E-state index in [0.29, 0.717) is 22.1 Å². The lowest BCUT2D eigenvalue weighted by molar-refractivity contribution is -0.384. The molecule has 0 saturated heterocycles. The van der Waals surface area contributed by atoms with E-state index >= 15 is 0 Å². The molecule has 6 nitrogen and oxygen atoms in total. The van der Waals surface area contributed by atoms with Crippen molar-refractivity contribution in [1.82, 2.24) is 9.55 Å². The molecule has 0 aliphatic carbocycles. The minimum absolute atomic E-state index is 0.0568. The van der Waals surface area contributed by atoms with Gasteiger partial charge in [-0.25, -0.2) is 4.98 Å². The van der Waals surface area contributed by atoms with Gasteiger partial charge in [0, 0.05) is 22.7 Å². The summed E-state index contributed by atoms with van der Waals surface area (Å²) in [5.74, 6) is 0.573. The highest BCUT2D eigenvalue weighted by atomic mass is 35.5. The molecule has 0 spiro atoms. The van der Waals surface area contributed by atoms with E-state index in [1.54, 1.807) is 4.57 Å². The van der Waals surface area contributed by atoms with E-state index in [1.807, 2.05) is 30.3 Å². The molecule has 0 unspecified atom stereocenters. The molecule has 0 bridgehead atoms. The van der Waals surface area contributed by atoms with Crippen LogP contribution in [0.5, 0.6) is 0 Å². The summed E-state index contributed by atoms with van der Waals surface area (Å²) >= 11 is 12.5. The van der Waals surface area contributed by atoms with E-state index in [4.69, 9.17) is 28.5 Å². The van der Waals surface area contributed by atoms with E-state index in [0.717, 1.165) is 5.56 Å². The minimum atomic E-state index is -0.477. The largest absolute Gasteiger partial charge is 0.321 e. The molecule has 0 amide bonds. The standard InChI is InChI=1S/C18H12Cl2N4O2/c19-15-7-6-14(24(25)26)10-13(15)11-23-16(8-9-21)17(20)22-18(23)12-4-2-1-3-5-12/h1-7,10H,8,11H2. The maximum Gasteiger partial charge on any atom is 0.269 e. The van der Waals surface area contributed by atoms with Gasteiger partial charge in [-0.15, -0.1) is 0 Å². The van der Waals surface area contributed by atoms with Crippen molar-refractivity contribution in [3.63, 3.8) is 0 Å². The predicted octanol–water partition coefficient (Wildman–Crippen LogP) is 4.88. The van der Waals surface area contributed by atoms with Gasteiger partial charge in [0.05, 0.1) is 29.7 Å². The van der Waals surface area contributed by atoms with Crippen molar-refractivity contribution < 1.29 is 4.92 Å². The quantitative estimate of drug-likeness (QED) is 0.461. The molecule has 8 heteroatoms. The van der Waals surface area contributed by atoms with Gasteiger partial charge in [-0.1, -0.05) is 53.5 Å². The second kappa shape index (κ2) is 7.56. The first-order valence-electron chi connectivity index (χ1n) is 7.61. The Morgan fingerprint density at radius 3 is 2.58 bits per heavy atom. The summed E-state index contributed by atoms with van der Waals surface area (Å²) in [4.78, 5) is 15.0. The van der Waals surface area contributed by atoms with Crippen LogP contribution in [0.2, 0.25) is 10.2 Å². The van der Waals surface area contributed by atoms with Crippen LogP contribution in [0.15, 0.2) is 48.5 Å². The zero-order chi connectivity index (χ0) is 18.7. The van der Waals surface area contributed by atoms with Crippen LogP contribution in [-0.2, 0) is 13.0 Å². The van der Waals surface area contributed by atoms with E-state index in [1.165, 1.54) is 18.2 Å². The van der Waals surface area contributed by atoms with Crippen LogP contribution in [0.3, 0.4) is 0 Å².